The highest BCUT2D eigenvalue weighted by molar-refractivity contribution is 5.74. The van der Waals surface area contributed by atoms with E-state index in [9.17, 15) is 4.79 Å². The van der Waals surface area contributed by atoms with E-state index < -0.39 is 0 Å². The first kappa shape index (κ1) is 9.04. The van der Waals surface area contributed by atoms with Crippen molar-refractivity contribution in [3.05, 3.63) is 0 Å². The second-order valence-corrected chi connectivity index (χ2v) is 4.63. The Bertz CT molecular complexity index is 198. The molecule has 0 unspecified atom stereocenters. The fraction of sp³-hybridized carbons (Fsp3) is 0.909. The highest BCUT2D eigenvalue weighted by atomic mass is 16.5. The van der Waals surface area contributed by atoms with Crippen molar-refractivity contribution < 1.29 is 9.53 Å². The van der Waals surface area contributed by atoms with Crippen molar-refractivity contribution in [2.75, 3.05) is 6.61 Å². The van der Waals surface area contributed by atoms with Crippen molar-refractivity contribution in [1.82, 2.24) is 0 Å². The molecule has 0 bridgehead atoms. The van der Waals surface area contributed by atoms with Crippen LogP contribution in [0.4, 0.5) is 0 Å². The van der Waals surface area contributed by atoms with Crippen LogP contribution >= 0.6 is 0 Å². The average Bonchev–Trinajstić information content (AvgIpc) is 2.81. The van der Waals surface area contributed by atoms with E-state index in [1.807, 2.05) is 0 Å². The number of hydrogen-bond acceptors (Lipinski definition) is 2. The zero-order chi connectivity index (χ0) is 9.31. The van der Waals surface area contributed by atoms with Gasteiger partial charge in [-0.1, -0.05) is 13.3 Å². The largest absolute Gasteiger partial charge is 0.465 e. The Hall–Kier alpha value is -0.530. The smallest absolute Gasteiger partial charge is 0.308 e. The minimum absolute atomic E-state index is 0.0611. The van der Waals surface area contributed by atoms with Crippen LogP contribution in [-0.2, 0) is 9.53 Å². The topological polar surface area (TPSA) is 26.3 Å². The van der Waals surface area contributed by atoms with Crippen LogP contribution in [0.3, 0.4) is 0 Å². The zero-order valence-electron chi connectivity index (χ0n) is 8.34. The van der Waals surface area contributed by atoms with E-state index in [1.165, 1.54) is 12.8 Å². The maximum atomic E-state index is 11.4. The maximum Gasteiger partial charge on any atom is 0.308 e. The third kappa shape index (κ3) is 1.87. The Morgan fingerprint density at radius 3 is 2.69 bits per heavy atom. The van der Waals surface area contributed by atoms with E-state index >= 15 is 0 Å². The summed E-state index contributed by atoms with van der Waals surface area (Å²) < 4.78 is 5.17. The van der Waals surface area contributed by atoms with Crippen molar-refractivity contribution in [2.24, 2.45) is 11.3 Å². The average molecular weight is 182 g/mol. The number of esters is 1. The van der Waals surface area contributed by atoms with Crippen LogP contribution in [0.25, 0.3) is 0 Å². The Kier molecular flexibility index (Phi) is 2.31. The standard InChI is InChI=1S/C11H18O2/c1-2-3-6-13-10(12)9-7-11(8-9)4-5-11/h9H,2-8H2,1H3. The van der Waals surface area contributed by atoms with Crippen LogP contribution < -0.4 is 0 Å². The molecule has 74 valence electrons. The van der Waals surface area contributed by atoms with Gasteiger partial charge in [-0.15, -0.1) is 0 Å². The van der Waals surface area contributed by atoms with Crippen molar-refractivity contribution in [1.29, 1.82) is 0 Å². The van der Waals surface area contributed by atoms with Gasteiger partial charge in [0.05, 0.1) is 12.5 Å². The molecule has 0 aromatic heterocycles. The van der Waals surface area contributed by atoms with Crippen LogP contribution in [-0.4, -0.2) is 12.6 Å². The summed E-state index contributed by atoms with van der Waals surface area (Å²) in [5.41, 5.74) is 0.619. The molecule has 0 N–H and O–H groups in total. The van der Waals surface area contributed by atoms with Crippen LogP contribution in [0, 0.1) is 11.3 Å². The van der Waals surface area contributed by atoms with Gasteiger partial charge in [0.2, 0.25) is 0 Å². The minimum Gasteiger partial charge on any atom is -0.465 e. The van der Waals surface area contributed by atoms with Crippen LogP contribution in [0.15, 0.2) is 0 Å². The fourth-order valence-electron chi connectivity index (χ4n) is 2.17. The number of carbonyl (C=O) groups excluding carboxylic acids is 1. The van der Waals surface area contributed by atoms with Crippen molar-refractivity contribution in [3.63, 3.8) is 0 Å². The van der Waals surface area contributed by atoms with E-state index in [-0.39, 0.29) is 11.9 Å². The van der Waals surface area contributed by atoms with Gasteiger partial charge in [-0.25, -0.2) is 0 Å². The first-order valence-corrected chi connectivity index (χ1v) is 5.42. The molecule has 2 heteroatoms. The van der Waals surface area contributed by atoms with E-state index in [0.717, 1.165) is 25.7 Å². The summed E-state index contributed by atoms with van der Waals surface area (Å²) in [4.78, 5) is 11.4. The highest BCUT2D eigenvalue weighted by Crippen LogP contribution is 2.63. The van der Waals surface area contributed by atoms with Gasteiger partial charge in [-0.05, 0) is 37.5 Å². The number of rotatable bonds is 4. The summed E-state index contributed by atoms with van der Waals surface area (Å²) in [5.74, 6) is 0.310. The number of unbranched alkanes of at least 4 members (excludes halogenated alkanes) is 1. The van der Waals surface area contributed by atoms with Crippen LogP contribution in [0.1, 0.15) is 45.4 Å². The molecule has 0 saturated heterocycles. The molecule has 0 aromatic rings. The first-order chi connectivity index (χ1) is 6.26. The van der Waals surface area contributed by atoms with Gasteiger partial charge >= 0.3 is 5.97 Å². The highest BCUT2D eigenvalue weighted by Gasteiger charge is 2.55. The molecule has 13 heavy (non-hydrogen) atoms. The number of hydrogen-bond donors (Lipinski definition) is 0. The Balaban J connectivity index is 1.62. The summed E-state index contributed by atoms with van der Waals surface area (Å²) in [6, 6.07) is 0. The first-order valence-electron chi connectivity index (χ1n) is 5.42. The molecule has 0 aromatic carbocycles. The molecule has 0 atom stereocenters. The van der Waals surface area contributed by atoms with Gasteiger partial charge in [0.1, 0.15) is 0 Å². The summed E-state index contributed by atoms with van der Waals surface area (Å²) in [5, 5.41) is 0. The lowest BCUT2D eigenvalue weighted by atomic mass is 9.72. The SMILES string of the molecule is CCCCOC(=O)C1CC2(CC2)C1. The molecule has 2 rings (SSSR count). The van der Waals surface area contributed by atoms with Gasteiger partial charge < -0.3 is 4.74 Å². The summed E-state index contributed by atoms with van der Waals surface area (Å²) in [6.45, 7) is 2.73. The molecule has 0 amide bonds. The molecule has 2 fully saturated rings. The normalized spacial score (nSPS) is 24.1. The molecule has 2 nitrogen and oxygen atoms in total. The van der Waals surface area contributed by atoms with E-state index in [0.29, 0.717) is 12.0 Å². The van der Waals surface area contributed by atoms with Crippen LogP contribution in [0.2, 0.25) is 0 Å². The molecule has 2 aliphatic carbocycles. The lowest BCUT2D eigenvalue weighted by Gasteiger charge is -2.33. The van der Waals surface area contributed by atoms with Crippen molar-refractivity contribution in [3.8, 4) is 0 Å². The number of ether oxygens (including phenoxy) is 1. The van der Waals surface area contributed by atoms with E-state index in [4.69, 9.17) is 4.74 Å². The molecular weight excluding hydrogens is 164 g/mol. The van der Waals surface area contributed by atoms with Crippen molar-refractivity contribution in [2.45, 2.75) is 45.4 Å². The second-order valence-electron chi connectivity index (χ2n) is 4.63. The predicted molar refractivity (Wildman–Crippen MR) is 50.3 cm³/mol. The second kappa shape index (κ2) is 3.32. The summed E-state index contributed by atoms with van der Waals surface area (Å²) >= 11 is 0. The van der Waals surface area contributed by atoms with Gasteiger partial charge in [0.25, 0.3) is 0 Å². The lowest BCUT2D eigenvalue weighted by molar-refractivity contribution is -0.154. The zero-order valence-corrected chi connectivity index (χ0v) is 8.34. The fourth-order valence-corrected chi connectivity index (χ4v) is 2.17. The van der Waals surface area contributed by atoms with E-state index in [2.05, 4.69) is 6.92 Å². The minimum atomic E-state index is 0.0611. The quantitative estimate of drug-likeness (QED) is 0.493. The molecule has 2 aliphatic rings. The Morgan fingerprint density at radius 1 is 1.46 bits per heavy atom. The summed E-state index contributed by atoms with van der Waals surface area (Å²) in [7, 11) is 0. The molecule has 2 saturated carbocycles. The third-order valence-corrected chi connectivity index (χ3v) is 3.39. The molecule has 0 radical (unpaired) electrons. The van der Waals surface area contributed by atoms with Gasteiger partial charge in [-0.2, -0.15) is 0 Å². The van der Waals surface area contributed by atoms with Gasteiger partial charge in [0, 0.05) is 0 Å². The van der Waals surface area contributed by atoms with Gasteiger partial charge in [0.15, 0.2) is 0 Å². The van der Waals surface area contributed by atoms with Crippen molar-refractivity contribution >= 4 is 5.97 Å². The number of carbonyl (C=O) groups is 1. The van der Waals surface area contributed by atoms with Crippen LogP contribution in [0.5, 0.6) is 0 Å². The Morgan fingerprint density at radius 2 is 2.15 bits per heavy atom. The third-order valence-electron chi connectivity index (χ3n) is 3.39. The monoisotopic (exact) mass is 182 g/mol. The molecule has 1 spiro atoms. The molecule has 0 heterocycles. The van der Waals surface area contributed by atoms with Gasteiger partial charge in [-0.3, -0.25) is 4.79 Å². The van der Waals surface area contributed by atoms with E-state index in [1.54, 1.807) is 0 Å². The lowest BCUT2D eigenvalue weighted by Crippen LogP contribution is -2.33. The maximum absolute atomic E-state index is 11.4. The Labute approximate surface area is 79.7 Å². The molecule has 0 aliphatic heterocycles. The molecular formula is C11H18O2. The summed E-state index contributed by atoms with van der Waals surface area (Å²) in [6.07, 6.45) is 7.03. The predicted octanol–water partition coefficient (Wildman–Crippen LogP) is 2.52.